The molecule has 0 unspecified atom stereocenters. The van der Waals surface area contributed by atoms with Gasteiger partial charge in [-0.1, -0.05) is 6.07 Å². The highest BCUT2D eigenvalue weighted by Gasteiger charge is 2.17. The smallest absolute Gasteiger partial charge is 0.335 e. The van der Waals surface area contributed by atoms with Crippen LogP contribution in [0.25, 0.3) is 0 Å². The van der Waals surface area contributed by atoms with E-state index in [1.165, 1.54) is 12.1 Å². The minimum atomic E-state index is -3.76. The number of nitrogens with zero attached hydrogens (tertiary/aromatic N) is 1. The molecular formula is C14H14N2O4S. The summed E-state index contributed by atoms with van der Waals surface area (Å²) in [5.41, 5.74) is 1.25. The normalized spacial score (nSPS) is 11.3. The predicted molar refractivity (Wildman–Crippen MR) is 76.4 cm³/mol. The highest BCUT2D eigenvalue weighted by molar-refractivity contribution is 7.89. The standard InChI is InChI=1S/C14H14N2O4S/c1-10-2-3-12(8-13(10)14(17)18)21(19,20)16-9-11-4-6-15-7-5-11/h2-8,16H,9H2,1H3,(H,17,18). The lowest BCUT2D eigenvalue weighted by Gasteiger charge is -2.08. The number of hydrogen-bond acceptors (Lipinski definition) is 4. The number of carbonyl (C=O) groups is 1. The van der Waals surface area contributed by atoms with E-state index in [4.69, 9.17) is 5.11 Å². The number of benzene rings is 1. The number of carboxylic acid groups (broad SMARTS) is 1. The maximum absolute atomic E-state index is 12.2. The highest BCUT2D eigenvalue weighted by Crippen LogP contribution is 2.16. The van der Waals surface area contributed by atoms with E-state index in [1.54, 1.807) is 31.5 Å². The zero-order chi connectivity index (χ0) is 15.5. The summed E-state index contributed by atoms with van der Waals surface area (Å²) in [6.07, 6.45) is 3.14. The Morgan fingerprint density at radius 2 is 1.90 bits per heavy atom. The largest absolute Gasteiger partial charge is 0.478 e. The molecule has 0 atom stereocenters. The summed E-state index contributed by atoms with van der Waals surface area (Å²) < 4.78 is 26.8. The van der Waals surface area contributed by atoms with Gasteiger partial charge in [-0.2, -0.15) is 0 Å². The van der Waals surface area contributed by atoms with Crippen molar-refractivity contribution in [1.82, 2.24) is 9.71 Å². The van der Waals surface area contributed by atoms with Gasteiger partial charge in [0, 0.05) is 18.9 Å². The zero-order valence-electron chi connectivity index (χ0n) is 11.3. The topological polar surface area (TPSA) is 96.4 Å². The zero-order valence-corrected chi connectivity index (χ0v) is 12.1. The number of rotatable bonds is 5. The average Bonchev–Trinajstić information content (AvgIpc) is 2.46. The molecule has 2 N–H and O–H groups in total. The molecular weight excluding hydrogens is 292 g/mol. The summed E-state index contributed by atoms with van der Waals surface area (Å²) in [6.45, 7) is 1.73. The average molecular weight is 306 g/mol. The molecule has 0 aliphatic rings. The van der Waals surface area contributed by atoms with Crippen molar-refractivity contribution in [2.45, 2.75) is 18.4 Å². The van der Waals surface area contributed by atoms with Crippen molar-refractivity contribution in [3.05, 3.63) is 59.4 Å². The Bertz CT molecular complexity index is 758. The van der Waals surface area contributed by atoms with E-state index in [0.29, 0.717) is 5.56 Å². The fourth-order valence-electron chi connectivity index (χ4n) is 1.76. The first-order chi connectivity index (χ1) is 9.90. The fourth-order valence-corrected chi connectivity index (χ4v) is 2.80. The molecule has 0 saturated carbocycles. The summed E-state index contributed by atoms with van der Waals surface area (Å²) in [7, 11) is -3.76. The second-order valence-corrected chi connectivity index (χ2v) is 6.23. The summed E-state index contributed by atoms with van der Waals surface area (Å²) in [5, 5.41) is 9.04. The minimum Gasteiger partial charge on any atom is -0.478 e. The molecule has 0 amide bonds. The molecule has 1 aromatic heterocycles. The Morgan fingerprint density at radius 3 is 2.52 bits per heavy atom. The second-order valence-electron chi connectivity index (χ2n) is 4.46. The SMILES string of the molecule is Cc1ccc(S(=O)(=O)NCc2ccncc2)cc1C(=O)O. The van der Waals surface area contributed by atoms with Crippen LogP contribution in [0.4, 0.5) is 0 Å². The van der Waals surface area contributed by atoms with Crippen molar-refractivity contribution in [3.8, 4) is 0 Å². The second kappa shape index (κ2) is 6.02. The lowest BCUT2D eigenvalue weighted by molar-refractivity contribution is 0.0696. The van der Waals surface area contributed by atoms with Crippen LogP contribution in [0.5, 0.6) is 0 Å². The van der Waals surface area contributed by atoms with Gasteiger partial charge >= 0.3 is 5.97 Å². The van der Waals surface area contributed by atoms with Crippen molar-refractivity contribution in [2.75, 3.05) is 0 Å². The third kappa shape index (κ3) is 3.65. The van der Waals surface area contributed by atoms with Crippen LogP contribution < -0.4 is 4.72 Å². The number of pyridine rings is 1. The van der Waals surface area contributed by atoms with Crippen LogP contribution in [-0.2, 0) is 16.6 Å². The van der Waals surface area contributed by atoms with Crippen LogP contribution in [0.15, 0.2) is 47.6 Å². The molecule has 1 heterocycles. The van der Waals surface area contributed by atoms with Crippen LogP contribution in [0.2, 0.25) is 0 Å². The van der Waals surface area contributed by atoms with Gasteiger partial charge in [-0.05, 0) is 42.3 Å². The Hall–Kier alpha value is -2.25. The lowest BCUT2D eigenvalue weighted by atomic mass is 10.1. The molecule has 0 spiro atoms. The summed E-state index contributed by atoms with van der Waals surface area (Å²) in [4.78, 5) is 14.8. The Labute approximate surface area is 122 Å². The summed E-state index contributed by atoms with van der Waals surface area (Å²) in [5.74, 6) is -1.15. The molecule has 0 aliphatic heterocycles. The molecule has 6 nitrogen and oxygen atoms in total. The minimum absolute atomic E-state index is 0.0261. The number of carboxylic acids is 1. The van der Waals surface area contributed by atoms with Gasteiger partial charge in [-0.15, -0.1) is 0 Å². The maximum Gasteiger partial charge on any atom is 0.335 e. The van der Waals surface area contributed by atoms with Crippen molar-refractivity contribution >= 4 is 16.0 Å². The third-order valence-electron chi connectivity index (χ3n) is 2.97. The van der Waals surface area contributed by atoms with Gasteiger partial charge in [0.25, 0.3) is 0 Å². The summed E-state index contributed by atoms with van der Waals surface area (Å²) >= 11 is 0. The molecule has 0 fully saturated rings. The molecule has 0 bridgehead atoms. The first-order valence-electron chi connectivity index (χ1n) is 6.12. The van der Waals surface area contributed by atoms with Crippen LogP contribution in [0.1, 0.15) is 21.5 Å². The van der Waals surface area contributed by atoms with Gasteiger partial charge in [-0.25, -0.2) is 17.9 Å². The van der Waals surface area contributed by atoms with Crippen LogP contribution in [0, 0.1) is 6.92 Å². The molecule has 1 aromatic carbocycles. The van der Waals surface area contributed by atoms with E-state index < -0.39 is 16.0 Å². The monoisotopic (exact) mass is 306 g/mol. The van der Waals surface area contributed by atoms with Crippen molar-refractivity contribution in [2.24, 2.45) is 0 Å². The van der Waals surface area contributed by atoms with Gasteiger partial charge in [0.1, 0.15) is 0 Å². The predicted octanol–water partition coefficient (Wildman–Crippen LogP) is 1.57. The highest BCUT2D eigenvalue weighted by atomic mass is 32.2. The number of aromatic nitrogens is 1. The van der Waals surface area contributed by atoms with E-state index in [1.807, 2.05) is 0 Å². The lowest BCUT2D eigenvalue weighted by Crippen LogP contribution is -2.23. The van der Waals surface area contributed by atoms with E-state index >= 15 is 0 Å². The van der Waals surface area contributed by atoms with Gasteiger partial charge < -0.3 is 5.11 Å². The number of hydrogen-bond donors (Lipinski definition) is 2. The van der Waals surface area contributed by atoms with E-state index in [9.17, 15) is 13.2 Å². The van der Waals surface area contributed by atoms with Gasteiger partial charge in [-0.3, -0.25) is 4.98 Å². The molecule has 0 radical (unpaired) electrons. The van der Waals surface area contributed by atoms with Crippen molar-refractivity contribution in [1.29, 1.82) is 0 Å². The van der Waals surface area contributed by atoms with Crippen molar-refractivity contribution < 1.29 is 18.3 Å². The molecule has 2 rings (SSSR count). The Balaban J connectivity index is 2.24. The number of sulfonamides is 1. The Morgan fingerprint density at radius 1 is 1.24 bits per heavy atom. The summed E-state index contributed by atoms with van der Waals surface area (Å²) in [6, 6.07) is 7.41. The first-order valence-corrected chi connectivity index (χ1v) is 7.61. The van der Waals surface area contributed by atoms with Gasteiger partial charge in [0.2, 0.25) is 10.0 Å². The Kier molecular flexibility index (Phi) is 4.35. The van der Waals surface area contributed by atoms with E-state index in [-0.39, 0.29) is 17.0 Å². The van der Waals surface area contributed by atoms with Crippen molar-refractivity contribution in [3.63, 3.8) is 0 Å². The van der Waals surface area contributed by atoms with E-state index in [2.05, 4.69) is 9.71 Å². The first kappa shape index (κ1) is 15.1. The molecule has 110 valence electrons. The molecule has 2 aromatic rings. The fraction of sp³-hybridized carbons (Fsp3) is 0.143. The number of nitrogens with one attached hydrogen (secondary N) is 1. The maximum atomic E-state index is 12.2. The van der Waals surface area contributed by atoms with Crippen LogP contribution in [-0.4, -0.2) is 24.5 Å². The molecule has 0 saturated heterocycles. The number of aromatic carboxylic acids is 1. The van der Waals surface area contributed by atoms with Crippen LogP contribution in [0.3, 0.4) is 0 Å². The van der Waals surface area contributed by atoms with Gasteiger partial charge in [0.05, 0.1) is 10.5 Å². The molecule has 7 heteroatoms. The van der Waals surface area contributed by atoms with Gasteiger partial charge in [0.15, 0.2) is 0 Å². The third-order valence-corrected chi connectivity index (χ3v) is 4.36. The van der Waals surface area contributed by atoms with Crippen LogP contribution >= 0.6 is 0 Å². The van der Waals surface area contributed by atoms with E-state index in [0.717, 1.165) is 11.6 Å². The quantitative estimate of drug-likeness (QED) is 0.874. The molecule has 21 heavy (non-hydrogen) atoms. The molecule has 0 aliphatic carbocycles. The number of aryl methyl sites for hydroxylation is 1.